The first kappa shape index (κ1) is 22.9. The molecule has 184 valence electrons. The molecule has 0 fully saturated rings. The number of rotatable bonds is 3. The number of aromatic nitrogens is 3. The van der Waals surface area contributed by atoms with Crippen molar-refractivity contribution in [2.24, 2.45) is 0 Å². The molecule has 0 unspecified atom stereocenters. The normalized spacial score (nSPS) is 12.2. The van der Waals surface area contributed by atoms with Gasteiger partial charge in [-0.05, 0) is 0 Å². The summed E-state index contributed by atoms with van der Waals surface area (Å²) in [5.74, 6) is 0. The SMILES string of the molecule is [Se]=P(c1ccccc1)(c1ccccc1)c1cccc2c3nc4ccccc4cc3c3nc4ccccc4n3c12. The van der Waals surface area contributed by atoms with Crippen molar-refractivity contribution in [1.82, 2.24) is 14.4 Å². The van der Waals surface area contributed by atoms with Gasteiger partial charge in [-0.1, -0.05) is 0 Å². The molecule has 8 rings (SSSR count). The van der Waals surface area contributed by atoms with Crippen molar-refractivity contribution in [2.75, 3.05) is 0 Å². The summed E-state index contributed by atoms with van der Waals surface area (Å²) in [5.41, 5.74) is 4.02. The summed E-state index contributed by atoms with van der Waals surface area (Å²) < 4.78 is 2.37. The summed E-state index contributed by atoms with van der Waals surface area (Å²) in [5, 5.41) is 7.20. The molecule has 0 atom stereocenters. The van der Waals surface area contributed by atoms with Crippen LogP contribution in [0.1, 0.15) is 0 Å². The molecule has 8 aromatic rings. The van der Waals surface area contributed by atoms with E-state index in [1.165, 1.54) is 15.9 Å². The predicted molar refractivity (Wildman–Crippen MR) is 167 cm³/mol. The Morgan fingerprint density at radius 1 is 0.564 bits per heavy atom. The third-order valence-electron chi connectivity index (χ3n) is 7.60. The molecule has 0 saturated carbocycles. The van der Waals surface area contributed by atoms with Crippen LogP contribution in [-0.2, 0) is 0 Å². The topological polar surface area (TPSA) is 30.2 Å². The van der Waals surface area contributed by atoms with Crippen molar-refractivity contribution >= 4 is 85.9 Å². The van der Waals surface area contributed by atoms with Crippen LogP contribution >= 0.6 is 5.51 Å². The van der Waals surface area contributed by atoms with Crippen LogP contribution in [0.3, 0.4) is 0 Å². The molecule has 0 amide bonds. The molecular weight excluding hydrogens is 560 g/mol. The van der Waals surface area contributed by atoms with Gasteiger partial charge in [0.2, 0.25) is 0 Å². The second-order valence-corrected chi connectivity index (χ2v) is 16.0. The van der Waals surface area contributed by atoms with Crippen molar-refractivity contribution < 1.29 is 0 Å². The Morgan fingerprint density at radius 2 is 1.21 bits per heavy atom. The van der Waals surface area contributed by atoms with Gasteiger partial charge in [0.05, 0.1) is 0 Å². The van der Waals surface area contributed by atoms with E-state index in [4.69, 9.17) is 9.97 Å². The van der Waals surface area contributed by atoms with E-state index in [1.54, 1.807) is 0 Å². The number of benzene rings is 5. The molecule has 39 heavy (non-hydrogen) atoms. The van der Waals surface area contributed by atoms with E-state index in [9.17, 15) is 0 Å². The van der Waals surface area contributed by atoms with Crippen molar-refractivity contribution in [1.29, 1.82) is 0 Å². The molecule has 0 saturated heterocycles. The molecule has 0 aliphatic heterocycles. The van der Waals surface area contributed by atoms with Crippen LogP contribution < -0.4 is 15.9 Å². The maximum atomic E-state index is 5.24. The van der Waals surface area contributed by atoms with Gasteiger partial charge < -0.3 is 0 Å². The zero-order valence-electron chi connectivity index (χ0n) is 20.9. The predicted octanol–water partition coefficient (Wildman–Crippen LogP) is 6.72. The fraction of sp³-hybridized carbons (Fsp3) is 0. The van der Waals surface area contributed by atoms with Crippen LogP contribution in [0.5, 0.6) is 0 Å². The van der Waals surface area contributed by atoms with Crippen LogP contribution in [0.4, 0.5) is 0 Å². The van der Waals surface area contributed by atoms with E-state index in [0.29, 0.717) is 0 Å². The van der Waals surface area contributed by atoms with E-state index in [-0.39, 0.29) is 0 Å². The Morgan fingerprint density at radius 3 is 1.95 bits per heavy atom. The number of pyridine rings is 2. The van der Waals surface area contributed by atoms with Gasteiger partial charge in [0, 0.05) is 0 Å². The van der Waals surface area contributed by atoms with Crippen LogP contribution in [-0.4, -0.2) is 29.5 Å². The standard InChI is InChI=1S/C34H22N3PSe/c39-38(24-13-3-1-4-14-24,25-15-5-2-6-16-25)31-21-11-17-26-32-27(22-23-12-7-8-18-28(23)35-32)34-36-29-19-9-10-20-30(29)37(34)33(26)31/h1-22H. The van der Waals surface area contributed by atoms with E-state index >= 15 is 0 Å². The van der Waals surface area contributed by atoms with Gasteiger partial charge in [-0.25, -0.2) is 0 Å². The van der Waals surface area contributed by atoms with Gasteiger partial charge >= 0.3 is 234 Å². The fourth-order valence-electron chi connectivity index (χ4n) is 5.84. The summed E-state index contributed by atoms with van der Waals surface area (Å²) in [6, 6.07) is 47.5. The second kappa shape index (κ2) is 8.73. The Labute approximate surface area is 233 Å². The van der Waals surface area contributed by atoms with E-state index in [2.05, 4.69) is 153 Å². The average Bonchev–Trinajstić information content (AvgIpc) is 3.40. The quantitative estimate of drug-likeness (QED) is 0.100. The maximum absolute atomic E-state index is 5.24. The second-order valence-electron chi connectivity index (χ2n) is 9.79. The van der Waals surface area contributed by atoms with Crippen molar-refractivity contribution in [3.05, 3.63) is 133 Å². The van der Waals surface area contributed by atoms with E-state index in [1.807, 2.05) is 0 Å². The molecule has 5 heteroatoms. The zero-order chi connectivity index (χ0) is 26.0. The van der Waals surface area contributed by atoms with Gasteiger partial charge in [-0.3, -0.25) is 0 Å². The Kier molecular flexibility index (Phi) is 5.12. The van der Waals surface area contributed by atoms with Crippen molar-refractivity contribution in [2.45, 2.75) is 0 Å². The summed E-state index contributed by atoms with van der Waals surface area (Å²) in [7, 11) is 0. The van der Waals surface area contributed by atoms with Gasteiger partial charge in [0.1, 0.15) is 0 Å². The molecule has 0 radical (unpaired) electrons. The molecule has 3 aromatic heterocycles. The molecule has 3 heterocycles. The molecular formula is C34H22N3PSe. The summed E-state index contributed by atoms with van der Waals surface area (Å²) in [6.45, 7) is 0. The summed E-state index contributed by atoms with van der Waals surface area (Å²) in [4.78, 5) is 10.4. The molecule has 0 spiro atoms. The molecule has 0 aliphatic rings. The van der Waals surface area contributed by atoms with Crippen LogP contribution in [0.25, 0.3) is 49.4 Å². The monoisotopic (exact) mass is 583 g/mol. The van der Waals surface area contributed by atoms with Crippen molar-refractivity contribution in [3.63, 3.8) is 0 Å². The molecule has 0 N–H and O–H groups in total. The average molecular weight is 583 g/mol. The number of hydrogen-bond acceptors (Lipinski definition) is 2. The Bertz CT molecular complexity index is 2210. The van der Waals surface area contributed by atoms with Gasteiger partial charge in [-0.15, -0.1) is 0 Å². The van der Waals surface area contributed by atoms with E-state index < -0.39 is 5.51 Å². The van der Waals surface area contributed by atoms with Crippen LogP contribution in [0.2, 0.25) is 0 Å². The Balaban J connectivity index is 1.65. The molecule has 5 aromatic carbocycles. The minimum atomic E-state index is -2.16. The van der Waals surface area contributed by atoms with Crippen LogP contribution in [0, 0.1) is 0 Å². The summed E-state index contributed by atoms with van der Waals surface area (Å²) >= 11 is 3.77. The number of imidazole rings is 1. The van der Waals surface area contributed by atoms with Crippen LogP contribution in [0.15, 0.2) is 133 Å². The fourth-order valence-corrected chi connectivity index (χ4v) is 11.2. The first-order valence-electron chi connectivity index (χ1n) is 13.0. The van der Waals surface area contributed by atoms with Gasteiger partial charge in [-0.2, -0.15) is 0 Å². The third-order valence-corrected chi connectivity index (χ3v) is 14.6. The number of fused-ring (bicyclic) bond motifs is 9. The molecule has 0 bridgehead atoms. The first-order chi connectivity index (χ1) is 19.2. The zero-order valence-corrected chi connectivity index (χ0v) is 23.5. The summed E-state index contributed by atoms with van der Waals surface area (Å²) in [6.07, 6.45) is 0. The Hall–Kier alpha value is -4.07. The molecule has 3 nitrogen and oxygen atoms in total. The van der Waals surface area contributed by atoms with Crippen molar-refractivity contribution in [3.8, 4) is 0 Å². The third kappa shape index (κ3) is 3.33. The van der Waals surface area contributed by atoms with Gasteiger partial charge in [0.15, 0.2) is 0 Å². The molecule has 0 aliphatic carbocycles. The number of hydrogen-bond donors (Lipinski definition) is 0. The van der Waals surface area contributed by atoms with Gasteiger partial charge in [0.25, 0.3) is 0 Å². The number of para-hydroxylation sites is 4. The minimum absolute atomic E-state index is 0.942. The van der Waals surface area contributed by atoms with E-state index in [0.717, 1.165) is 49.4 Å². The first-order valence-corrected chi connectivity index (χ1v) is 17.0. The number of nitrogens with zero attached hydrogens (tertiary/aromatic N) is 3.